The number of thioether (sulfide) groups is 1. The number of hydrogen-bond donors (Lipinski definition) is 0. The molecule has 3 heterocycles. The highest BCUT2D eigenvalue weighted by atomic mass is 32.2. The van der Waals surface area contributed by atoms with Gasteiger partial charge in [0.1, 0.15) is 5.75 Å². The van der Waals surface area contributed by atoms with E-state index in [2.05, 4.69) is 15.2 Å². The first kappa shape index (κ1) is 22.1. The number of benzene rings is 2. The van der Waals surface area contributed by atoms with Gasteiger partial charge in [-0.3, -0.25) is 9.20 Å². The molecule has 0 aliphatic carbocycles. The van der Waals surface area contributed by atoms with Gasteiger partial charge in [-0.05, 0) is 43.2 Å². The molecule has 1 unspecified atom stereocenters. The maximum Gasteiger partial charge on any atom is 0.256 e. The summed E-state index contributed by atoms with van der Waals surface area (Å²) in [6.45, 7) is 3.90. The van der Waals surface area contributed by atoms with E-state index in [1.54, 1.807) is 12.1 Å². The van der Waals surface area contributed by atoms with Gasteiger partial charge in [-0.25, -0.2) is 9.99 Å². The van der Waals surface area contributed by atoms with Crippen LogP contribution in [0.25, 0.3) is 5.78 Å². The number of carbonyl (C=O) groups excluding carboxylic acids is 1. The molecule has 1 aliphatic heterocycles. The number of hydrazone groups is 1. The van der Waals surface area contributed by atoms with Crippen LogP contribution in [0, 0.1) is 13.8 Å². The van der Waals surface area contributed by atoms with Crippen molar-refractivity contribution in [3.05, 3.63) is 83.2 Å². The minimum Gasteiger partial charge on any atom is -0.497 e. The van der Waals surface area contributed by atoms with Crippen molar-refractivity contribution in [1.29, 1.82) is 0 Å². The standard InChI is InChI=1S/C25H24N6O2S/c1-16-13-17(2)30-24(26-16)27-28-25(30)34-15-23(32)31-22(19-9-11-20(33-3)12-10-19)14-21(29-31)18-7-5-4-6-8-18/h4-13,22H,14-15H2,1-3H3. The van der Waals surface area contributed by atoms with E-state index in [-0.39, 0.29) is 17.7 Å². The first-order valence-corrected chi connectivity index (χ1v) is 11.9. The van der Waals surface area contributed by atoms with Crippen molar-refractivity contribution in [1.82, 2.24) is 24.6 Å². The second kappa shape index (κ2) is 9.26. The third-order valence-corrected chi connectivity index (χ3v) is 6.68. The molecule has 0 saturated heterocycles. The summed E-state index contributed by atoms with van der Waals surface area (Å²) in [5.41, 5.74) is 4.78. The van der Waals surface area contributed by atoms with Gasteiger partial charge in [0.2, 0.25) is 0 Å². The molecule has 172 valence electrons. The van der Waals surface area contributed by atoms with Gasteiger partial charge in [0.25, 0.3) is 11.7 Å². The number of aromatic nitrogens is 4. The molecule has 2 aromatic carbocycles. The molecule has 0 saturated carbocycles. The van der Waals surface area contributed by atoms with E-state index in [4.69, 9.17) is 9.84 Å². The molecule has 2 aromatic heterocycles. The number of carbonyl (C=O) groups is 1. The number of ether oxygens (including phenoxy) is 1. The number of rotatable bonds is 6. The van der Waals surface area contributed by atoms with E-state index in [9.17, 15) is 4.79 Å². The summed E-state index contributed by atoms with van der Waals surface area (Å²) < 4.78 is 7.17. The Morgan fingerprint density at radius 1 is 1.09 bits per heavy atom. The molecule has 8 nitrogen and oxygen atoms in total. The van der Waals surface area contributed by atoms with Crippen LogP contribution in [0.1, 0.15) is 35.0 Å². The van der Waals surface area contributed by atoms with Crippen molar-refractivity contribution in [2.24, 2.45) is 5.10 Å². The second-order valence-electron chi connectivity index (χ2n) is 8.09. The lowest BCUT2D eigenvalue weighted by atomic mass is 9.98. The maximum absolute atomic E-state index is 13.4. The van der Waals surface area contributed by atoms with Crippen LogP contribution in [0.15, 0.2) is 70.9 Å². The lowest BCUT2D eigenvalue weighted by molar-refractivity contribution is -0.130. The Hall–Kier alpha value is -3.72. The predicted molar refractivity (Wildman–Crippen MR) is 131 cm³/mol. The first-order chi connectivity index (χ1) is 16.5. The van der Waals surface area contributed by atoms with Crippen molar-refractivity contribution in [2.45, 2.75) is 31.5 Å². The van der Waals surface area contributed by atoms with Gasteiger partial charge in [-0.2, -0.15) is 5.10 Å². The van der Waals surface area contributed by atoms with Crippen LogP contribution in [0.5, 0.6) is 5.75 Å². The van der Waals surface area contributed by atoms with E-state index in [1.165, 1.54) is 11.8 Å². The van der Waals surface area contributed by atoms with Crippen molar-refractivity contribution in [2.75, 3.05) is 12.9 Å². The molecule has 0 fully saturated rings. The molecule has 0 spiro atoms. The SMILES string of the molecule is COc1ccc(C2CC(c3ccccc3)=NN2C(=O)CSc2nnc3nc(C)cc(C)n23)cc1. The normalized spacial score (nSPS) is 15.6. The molecule has 0 radical (unpaired) electrons. The molecule has 4 aromatic rings. The highest BCUT2D eigenvalue weighted by Gasteiger charge is 2.33. The zero-order valence-electron chi connectivity index (χ0n) is 19.2. The van der Waals surface area contributed by atoms with Crippen molar-refractivity contribution in [3.8, 4) is 5.75 Å². The highest BCUT2D eigenvalue weighted by molar-refractivity contribution is 7.99. The van der Waals surface area contributed by atoms with E-state index >= 15 is 0 Å². The minimum atomic E-state index is -0.185. The molecule has 34 heavy (non-hydrogen) atoms. The summed E-state index contributed by atoms with van der Waals surface area (Å²) in [5, 5.41) is 15.4. The Labute approximate surface area is 201 Å². The van der Waals surface area contributed by atoms with Crippen LogP contribution < -0.4 is 4.74 Å². The van der Waals surface area contributed by atoms with E-state index < -0.39 is 0 Å². The molecule has 1 atom stereocenters. The molecule has 9 heteroatoms. The van der Waals surface area contributed by atoms with Crippen LogP contribution in [-0.2, 0) is 4.79 Å². The Morgan fingerprint density at radius 2 is 1.85 bits per heavy atom. The number of hydrogen-bond acceptors (Lipinski definition) is 7. The van der Waals surface area contributed by atoms with Gasteiger partial charge in [-0.1, -0.05) is 54.2 Å². The third kappa shape index (κ3) is 4.26. The first-order valence-electron chi connectivity index (χ1n) is 10.9. The monoisotopic (exact) mass is 472 g/mol. The molecular weight excluding hydrogens is 448 g/mol. The van der Waals surface area contributed by atoms with Crippen LogP contribution >= 0.6 is 11.8 Å². The highest BCUT2D eigenvalue weighted by Crippen LogP contribution is 2.34. The van der Waals surface area contributed by atoms with Crippen molar-refractivity contribution >= 4 is 29.2 Å². The van der Waals surface area contributed by atoms with E-state index in [1.807, 2.05) is 78.9 Å². The number of aryl methyl sites for hydroxylation is 2. The van der Waals surface area contributed by atoms with Gasteiger partial charge in [0.05, 0.1) is 24.6 Å². The minimum absolute atomic E-state index is 0.0915. The van der Waals surface area contributed by atoms with Crippen molar-refractivity contribution < 1.29 is 9.53 Å². The Balaban J connectivity index is 1.41. The quantitative estimate of drug-likeness (QED) is 0.391. The molecule has 1 amide bonds. The molecule has 0 bridgehead atoms. The number of amides is 1. The Bertz CT molecular complexity index is 1370. The lowest BCUT2D eigenvalue weighted by Crippen LogP contribution is -2.28. The molecular formula is C25H24N6O2S. The molecule has 0 N–H and O–H groups in total. The van der Waals surface area contributed by atoms with Gasteiger partial charge < -0.3 is 4.74 Å². The summed E-state index contributed by atoms with van der Waals surface area (Å²) in [5.74, 6) is 1.41. The summed E-state index contributed by atoms with van der Waals surface area (Å²) in [4.78, 5) is 17.8. The zero-order valence-corrected chi connectivity index (χ0v) is 20.0. The Morgan fingerprint density at radius 3 is 2.59 bits per heavy atom. The number of nitrogens with zero attached hydrogens (tertiary/aromatic N) is 6. The van der Waals surface area contributed by atoms with E-state index in [0.717, 1.165) is 34.0 Å². The third-order valence-electron chi connectivity index (χ3n) is 5.76. The fourth-order valence-corrected chi connectivity index (χ4v) is 4.96. The maximum atomic E-state index is 13.4. The number of methoxy groups -OCH3 is 1. The fraction of sp³-hybridized carbons (Fsp3) is 0.240. The zero-order chi connectivity index (χ0) is 23.7. The summed E-state index contributed by atoms with van der Waals surface area (Å²) in [6.07, 6.45) is 0.642. The van der Waals surface area contributed by atoms with Crippen LogP contribution in [0.3, 0.4) is 0 Å². The topological polar surface area (TPSA) is 85.0 Å². The van der Waals surface area contributed by atoms with Crippen LogP contribution in [-0.4, -0.2) is 49.1 Å². The predicted octanol–water partition coefficient (Wildman–Crippen LogP) is 4.22. The summed E-state index contributed by atoms with van der Waals surface area (Å²) in [7, 11) is 1.64. The lowest BCUT2D eigenvalue weighted by Gasteiger charge is -2.22. The van der Waals surface area contributed by atoms with Gasteiger partial charge in [0.15, 0.2) is 5.16 Å². The van der Waals surface area contributed by atoms with Gasteiger partial charge in [0, 0.05) is 17.8 Å². The van der Waals surface area contributed by atoms with Crippen molar-refractivity contribution in [3.63, 3.8) is 0 Å². The van der Waals surface area contributed by atoms with Gasteiger partial charge >= 0.3 is 0 Å². The summed E-state index contributed by atoms with van der Waals surface area (Å²) in [6, 6.07) is 19.6. The largest absolute Gasteiger partial charge is 0.497 e. The molecule has 1 aliphatic rings. The average Bonchev–Trinajstić information content (AvgIpc) is 3.48. The average molecular weight is 473 g/mol. The fourth-order valence-electron chi connectivity index (χ4n) is 4.12. The summed E-state index contributed by atoms with van der Waals surface area (Å²) >= 11 is 1.34. The molecule has 5 rings (SSSR count). The van der Waals surface area contributed by atoms with Crippen LogP contribution in [0.4, 0.5) is 0 Å². The Kier molecular flexibility index (Phi) is 6.02. The number of fused-ring (bicyclic) bond motifs is 1. The van der Waals surface area contributed by atoms with E-state index in [0.29, 0.717) is 17.4 Å². The smallest absolute Gasteiger partial charge is 0.256 e. The second-order valence-corrected chi connectivity index (χ2v) is 9.03. The van der Waals surface area contributed by atoms with Crippen LogP contribution in [0.2, 0.25) is 0 Å². The van der Waals surface area contributed by atoms with Gasteiger partial charge in [-0.15, -0.1) is 10.2 Å².